The standard InChI is InChI=1S/C28H27N4O2P/c33-21-22-11-10-20-32(22)28(34)26-27(30-19-18-29-26)31-35(23-12-4-1-5-13-23,24-14-6-2-7-15-24)25-16-8-3-9-17-25/h1-9,12-19,22,33H,10-11,20-21H2/t22-/m0/s1. The second kappa shape index (κ2) is 10.3. The first kappa shape index (κ1) is 23.2. The first-order valence-electron chi connectivity index (χ1n) is 11.8. The molecule has 1 aliphatic rings. The highest BCUT2D eigenvalue weighted by Gasteiger charge is 2.33. The highest BCUT2D eigenvalue weighted by molar-refractivity contribution is 7.87. The molecular formula is C28H27N4O2P. The molecule has 2 heterocycles. The highest BCUT2D eigenvalue weighted by atomic mass is 31.2. The Kier molecular flexibility index (Phi) is 6.84. The van der Waals surface area contributed by atoms with Gasteiger partial charge in [0.2, 0.25) is 0 Å². The zero-order valence-corrected chi connectivity index (χ0v) is 20.2. The van der Waals surface area contributed by atoms with Gasteiger partial charge in [-0.15, -0.1) is 0 Å². The van der Waals surface area contributed by atoms with Gasteiger partial charge in [0, 0.05) is 34.9 Å². The fourth-order valence-corrected chi connectivity index (χ4v) is 8.16. The van der Waals surface area contributed by atoms with E-state index in [4.69, 9.17) is 4.74 Å². The molecule has 0 spiro atoms. The van der Waals surface area contributed by atoms with E-state index in [0.29, 0.717) is 12.4 Å². The van der Waals surface area contributed by atoms with Crippen molar-refractivity contribution in [3.05, 3.63) is 109 Å². The van der Waals surface area contributed by atoms with E-state index in [2.05, 4.69) is 46.4 Å². The molecule has 7 heteroatoms. The first-order valence-corrected chi connectivity index (χ1v) is 13.5. The van der Waals surface area contributed by atoms with Crippen molar-refractivity contribution in [3.8, 4) is 0 Å². The molecular weight excluding hydrogens is 455 g/mol. The van der Waals surface area contributed by atoms with Crippen molar-refractivity contribution in [2.75, 3.05) is 13.2 Å². The molecule has 0 aliphatic carbocycles. The molecule has 0 bridgehead atoms. The molecule has 3 aromatic carbocycles. The van der Waals surface area contributed by atoms with Crippen molar-refractivity contribution in [1.82, 2.24) is 14.9 Å². The summed E-state index contributed by atoms with van der Waals surface area (Å²) in [6, 6.07) is 30.5. The van der Waals surface area contributed by atoms with Crippen molar-refractivity contribution in [2.45, 2.75) is 18.9 Å². The van der Waals surface area contributed by atoms with Gasteiger partial charge in [-0.1, -0.05) is 91.0 Å². The smallest absolute Gasteiger partial charge is 0.276 e. The average Bonchev–Trinajstić information content (AvgIpc) is 3.42. The number of amides is 1. The number of rotatable bonds is 6. The fraction of sp³-hybridized carbons (Fsp3) is 0.179. The lowest BCUT2D eigenvalue weighted by molar-refractivity contribution is 0.0672. The number of carbonyl (C=O) groups is 1. The third-order valence-electron chi connectivity index (χ3n) is 6.36. The average molecular weight is 483 g/mol. The molecule has 1 fully saturated rings. The van der Waals surface area contributed by atoms with E-state index in [-0.39, 0.29) is 24.2 Å². The molecule has 35 heavy (non-hydrogen) atoms. The second-order valence-electron chi connectivity index (χ2n) is 8.45. The molecule has 1 atom stereocenters. The molecule has 0 saturated carbocycles. The second-order valence-corrected chi connectivity index (χ2v) is 11.5. The van der Waals surface area contributed by atoms with E-state index < -0.39 is 7.05 Å². The van der Waals surface area contributed by atoms with Crippen LogP contribution in [0.5, 0.6) is 0 Å². The molecule has 1 aliphatic heterocycles. The zero-order valence-electron chi connectivity index (χ0n) is 19.3. The third-order valence-corrected chi connectivity index (χ3v) is 9.99. The Labute approximate surface area is 205 Å². The lowest BCUT2D eigenvalue weighted by atomic mass is 10.2. The SMILES string of the molecule is O=C(c1nccnc1N=P(c1ccccc1)(c1ccccc1)c1ccccc1)N1CCC[C@H]1CO. The largest absolute Gasteiger partial charge is 0.394 e. The minimum absolute atomic E-state index is 0.0620. The molecule has 1 aromatic heterocycles. The van der Waals surface area contributed by atoms with Crippen LogP contribution in [0.25, 0.3) is 0 Å². The van der Waals surface area contributed by atoms with E-state index in [1.165, 1.54) is 6.20 Å². The summed E-state index contributed by atoms with van der Waals surface area (Å²) in [6.45, 7) is 0.532. The molecule has 1 saturated heterocycles. The van der Waals surface area contributed by atoms with E-state index >= 15 is 0 Å². The number of hydrogen-bond donors (Lipinski definition) is 1. The molecule has 6 nitrogen and oxygen atoms in total. The molecule has 0 unspecified atom stereocenters. The Hall–Kier alpha value is -3.60. The topological polar surface area (TPSA) is 78.7 Å². The number of benzene rings is 3. The summed E-state index contributed by atoms with van der Waals surface area (Å²) in [5.74, 6) is 0.0895. The molecule has 1 amide bonds. The minimum atomic E-state index is -2.59. The lowest BCUT2D eigenvalue weighted by Gasteiger charge is -2.27. The third kappa shape index (κ3) is 4.43. The van der Waals surface area contributed by atoms with E-state index in [1.54, 1.807) is 11.1 Å². The lowest BCUT2D eigenvalue weighted by Crippen LogP contribution is -2.38. The maximum Gasteiger partial charge on any atom is 0.276 e. The number of nitrogens with zero attached hydrogens (tertiary/aromatic N) is 4. The Morgan fingerprint density at radius 2 is 1.37 bits per heavy atom. The van der Waals surface area contributed by atoms with Gasteiger partial charge >= 0.3 is 0 Å². The summed E-state index contributed by atoms with van der Waals surface area (Å²) in [6.07, 6.45) is 4.76. The van der Waals surface area contributed by atoms with Crippen molar-refractivity contribution >= 4 is 34.7 Å². The monoisotopic (exact) mass is 482 g/mol. The number of likely N-dealkylation sites (tertiary alicyclic amines) is 1. The maximum absolute atomic E-state index is 13.6. The quantitative estimate of drug-likeness (QED) is 0.423. The van der Waals surface area contributed by atoms with Crippen LogP contribution in [0.1, 0.15) is 23.3 Å². The van der Waals surface area contributed by atoms with Gasteiger partial charge in [0.15, 0.2) is 11.5 Å². The van der Waals surface area contributed by atoms with Crippen LogP contribution in [0, 0.1) is 0 Å². The Balaban J connectivity index is 1.79. The highest BCUT2D eigenvalue weighted by Crippen LogP contribution is 2.49. The summed E-state index contributed by atoms with van der Waals surface area (Å²) < 4.78 is 5.37. The Morgan fingerprint density at radius 1 is 0.857 bits per heavy atom. The van der Waals surface area contributed by atoms with Gasteiger partial charge in [-0.2, -0.15) is 0 Å². The van der Waals surface area contributed by atoms with Crippen LogP contribution in [0.3, 0.4) is 0 Å². The number of hydrogen-bond acceptors (Lipinski definition) is 5. The van der Waals surface area contributed by atoms with Crippen LogP contribution in [0.15, 0.2) is 108 Å². The van der Waals surface area contributed by atoms with Crippen LogP contribution in [-0.4, -0.2) is 45.1 Å². The van der Waals surface area contributed by atoms with Crippen LogP contribution in [-0.2, 0) is 0 Å². The van der Waals surface area contributed by atoms with E-state index in [9.17, 15) is 9.90 Å². The zero-order chi connectivity index (χ0) is 24.1. The van der Waals surface area contributed by atoms with E-state index in [1.807, 2.05) is 54.6 Å². The summed E-state index contributed by atoms with van der Waals surface area (Å²) in [5.41, 5.74) is 0.222. The first-order chi connectivity index (χ1) is 17.2. The van der Waals surface area contributed by atoms with Gasteiger partial charge in [0.25, 0.3) is 5.91 Å². The molecule has 1 N–H and O–H groups in total. The summed E-state index contributed by atoms with van der Waals surface area (Å²) in [7, 11) is -2.59. The van der Waals surface area contributed by atoms with Gasteiger partial charge < -0.3 is 10.0 Å². The summed E-state index contributed by atoms with van der Waals surface area (Å²) >= 11 is 0. The Morgan fingerprint density at radius 3 is 1.89 bits per heavy atom. The molecule has 5 rings (SSSR count). The predicted octanol–water partition coefficient (Wildman–Crippen LogP) is 3.88. The van der Waals surface area contributed by atoms with Crippen LogP contribution in [0.4, 0.5) is 5.82 Å². The molecule has 176 valence electrons. The number of carbonyl (C=O) groups excluding carboxylic acids is 1. The summed E-state index contributed by atoms with van der Waals surface area (Å²) in [5, 5.41) is 13.0. The van der Waals surface area contributed by atoms with Gasteiger partial charge in [-0.05, 0) is 12.8 Å². The Bertz CT molecular complexity index is 1240. The van der Waals surface area contributed by atoms with Crippen molar-refractivity contribution in [1.29, 1.82) is 0 Å². The van der Waals surface area contributed by atoms with Gasteiger partial charge in [-0.25, -0.2) is 14.7 Å². The van der Waals surface area contributed by atoms with Crippen LogP contribution in [0.2, 0.25) is 0 Å². The molecule has 0 radical (unpaired) electrons. The van der Waals surface area contributed by atoms with Gasteiger partial charge in [0.1, 0.15) is 0 Å². The van der Waals surface area contributed by atoms with Crippen molar-refractivity contribution in [2.24, 2.45) is 4.74 Å². The van der Waals surface area contributed by atoms with Crippen molar-refractivity contribution in [3.63, 3.8) is 0 Å². The number of aliphatic hydroxyl groups is 1. The number of aromatic nitrogens is 2. The normalized spacial score (nSPS) is 15.7. The summed E-state index contributed by atoms with van der Waals surface area (Å²) in [4.78, 5) is 24.3. The van der Waals surface area contributed by atoms with Crippen molar-refractivity contribution < 1.29 is 9.90 Å². The van der Waals surface area contributed by atoms with E-state index in [0.717, 1.165) is 28.8 Å². The van der Waals surface area contributed by atoms with Crippen LogP contribution < -0.4 is 15.9 Å². The maximum atomic E-state index is 13.6. The minimum Gasteiger partial charge on any atom is -0.394 e. The van der Waals surface area contributed by atoms with Gasteiger partial charge in [-0.3, -0.25) is 4.79 Å². The van der Waals surface area contributed by atoms with Crippen LogP contribution >= 0.6 is 7.05 Å². The van der Waals surface area contributed by atoms with Gasteiger partial charge in [0.05, 0.1) is 19.7 Å². The number of aliphatic hydroxyl groups excluding tert-OH is 1. The molecule has 4 aromatic rings. The predicted molar refractivity (Wildman–Crippen MR) is 140 cm³/mol. The fourth-order valence-electron chi connectivity index (χ4n) is 4.68.